The van der Waals surface area contributed by atoms with Crippen LogP contribution < -0.4 is 11.5 Å². The highest BCUT2D eigenvalue weighted by atomic mass is 32.2. The van der Waals surface area contributed by atoms with Crippen molar-refractivity contribution in [2.75, 3.05) is 12.8 Å². The van der Waals surface area contributed by atoms with Crippen molar-refractivity contribution in [3.05, 3.63) is 29.8 Å². The molecule has 0 aliphatic rings. The lowest BCUT2D eigenvalue weighted by Gasteiger charge is -2.21. The van der Waals surface area contributed by atoms with Crippen LogP contribution in [0.5, 0.6) is 0 Å². The average molecular weight is 256 g/mol. The Morgan fingerprint density at radius 1 is 1.24 bits per heavy atom. The van der Waals surface area contributed by atoms with Crippen LogP contribution in [0.2, 0.25) is 0 Å². The van der Waals surface area contributed by atoms with Gasteiger partial charge in [-0.1, -0.05) is 25.5 Å². The molecule has 1 aromatic carbocycles. The Bertz CT molecular complexity index is 450. The van der Waals surface area contributed by atoms with E-state index < -0.39 is 9.84 Å². The third kappa shape index (κ3) is 3.52. The van der Waals surface area contributed by atoms with Crippen molar-refractivity contribution in [2.45, 2.75) is 24.3 Å². The average Bonchev–Trinajstić information content (AvgIpc) is 2.29. The molecule has 0 fully saturated rings. The fourth-order valence-electron chi connectivity index (χ4n) is 1.78. The fourth-order valence-corrected chi connectivity index (χ4v) is 2.41. The van der Waals surface area contributed by atoms with Crippen molar-refractivity contribution in [1.29, 1.82) is 0 Å². The van der Waals surface area contributed by atoms with Crippen LogP contribution in [0.3, 0.4) is 0 Å². The molecule has 0 spiro atoms. The first-order valence-electron chi connectivity index (χ1n) is 5.65. The van der Waals surface area contributed by atoms with Crippen LogP contribution in [0, 0.1) is 5.92 Å². The lowest BCUT2D eigenvalue weighted by Crippen LogP contribution is -2.27. The van der Waals surface area contributed by atoms with E-state index in [4.69, 9.17) is 11.5 Å². The van der Waals surface area contributed by atoms with Gasteiger partial charge in [0.25, 0.3) is 0 Å². The van der Waals surface area contributed by atoms with Crippen molar-refractivity contribution in [1.82, 2.24) is 0 Å². The maximum absolute atomic E-state index is 11.3. The Kier molecular flexibility index (Phi) is 4.68. The van der Waals surface area contributed by atoms with Crippen LogP contribution in [0.25, 0.3) is 0 Å². The molecular formula is C12H20N2O2S. The Labute approximate surface area is 103 Å². The molecule has 0 aliphatic heterocycles. The molecule has 0 aromatic heterocycles. The van der Waals surface area contributed by atoms with Gasteiger partial charge in [0.15, 0.2) is 9.84 Å². The number of hydrogen-bond acceptors (Lipinski definition) is 4. The third-order valence-electron chi connectivity index (χ3n) is 3.03. The van der Waals surface area contributed by atoms with E-state index in [-0.39, 0.29) is 12.0 Å². The molecule has 2 unspecified atom stereocenters. The van der Waals surface area contributed by atoms with Crippen LogP contribution in [-0.4, -0.2) is 21.2 Å². The second kappa shape index (κ2) is 5.62. The normalized spacial score (nSPS) is 15.5. The van der Waals surface area contributed by atoms with Crippen molar-refractivity contribution >= 4 is 9.84 Å². The molecule has 4 N–H and O–H groups in total. The number of rotatable bonds is 5. The predicted molar refractivity (Wildman–Crippen MR) is 69.3 cm³/mol. The summed E-state index contributed by atoms with van der Waals surface area (Å²) in [6.45, 7) is 2.58. The lowest BCUT2D eigenvalue weighted by atomic mass is 9.92. The summed E-state index contributed by atoms with van der Waals surface area (Å²) in [7, 11) is -3.14. The molecule has 1 aromatic rings. The topological polar surface area (TPSA) is 86.2 Å². The molecule has 1 rings (SSSR count). The highest BCUT2D eigenvalue weighted by molar-refractivity contribution is 7.90. The maximum atomic E-state index is 11.3. The van der Waals surface area contributed by atoms with E-state index in [1.54, 1.807) is 24.3 Å². The maximum Gasteiger partial charge on any atom is 0.175 e. The monoisotopic (exact) mass is 256 g/mol. The van der Waals surface area contributed by atoms with E-state index >= 15 is 0 Å². The van der Waals surface area contributed by atoms with Gasteiger partial charge < -0.3 is 11.5 Å². The minimum Gasteiger partial charge on any atom is -0.330 e. The highest BCUT2D eigenvalue weighted by Gasteiger charge is 2.16. The van der Waals surface area contributed by atoms with Crippen LogP contribution >= 0.6 is 0 Å². The first kappa shape index (κ1) is 14.2. The van der Waals surface area contributed by atoms with Gasteiger partial charge in [-0.2, -0.15) is 0 Å². The first-order chi connectivity index (χ1) is 7.90. The molecule has 0 saturated carbocycles. The summed E-state index contributed by atoms with van der Waals surface area (Å²) in [5, 5.41) is 0. The van der Waals surface area contributed by atoms with Gasteiger partial charge in [-0.05, 0) is 30.2 Å². The first-order valence-corrected chi connectivity index (χ1v) is 7.55. The standard InChI is InChI=1S/C12H20N2O2S/c1-3-9(8-13)12(14)10-4-6-11(7-5-10)17(2,15)16/h4-7,9,12H,3,8,13-14H2,1-2H3. The third-order valence-corrected chi connectivity index (χ3v) is 4.16. The van der Waals surface area contributed by atoms with Gasteiger partial charge in [0.05, 0.1) is 4.90 Å². The second-order valence-corrected chi connectivity index (χ2v) is 6.29. The highest BCUT2D eigenvalue weighted by Crippen LogP contribution is 2.22. The largest absolute Gasteiger partial charge is 0.330 e. The van der Waals surface area contributed by atoms with E-state index in [1.165, 1.54) is 6.26 Å². The molecule has 96 valence electrons. The number of benzene rings is 1. The van der Waals surface area contributed by atoms with E-state index in [2.05, 4.69) is 0 Å². The summed E-state index contributed by atoms with van der Waals surface area (Å²) in [4.78, 5) is 0.314. The molecule has 0 amide bonds. The van der Waals surface area contributed by atoms with Crippen molar-refractivity contribution in [3.8, 4) is 0 Å². The molecule has 5 heteroatoms. The van der Waals surface area contributed by atoms with E-state index in [1.807, 2.05) is 6.92 Å². The lowest BCUT2D eigenvalue weighted by molar-refractivity contribution is 0.428. The summed E-state index contributed by atoms with van der Waals surface area (Å²) < 4.78 is 22.6. The quantitative estimate of drug-likeness (QED) is 0.825. The fraction of sp³-hybridized carbons (Fsp3) is 0.500. The molecule has 0 heterocycles. The minimum atomic E-state index is -3.14. The summed E-state index contributed by atoms with van der Waals surface area (Å²) in [5.41, 5.74) is 12.7. The van der Waals surface area contributed by atoms with Crippen molar-refractivity contribution < 1.29 is 8.42 Å². The van der Waals surface area contributed by atoms with Crippen LogP contribution in [0.15, 0.2) is 29.2 Å². The number of hydrogen-bond donors (Lipinski definition) is 2. The van der Waals surface area contributed by atoms with Crippen LogP contribution in [0.1, 0.15) is 24.9 Å². The molecule has 0 bridgehead atoms. The SMILES string of the molecule is CCC(CN)C(N)c1ccc(S(C)(=O)=O)cc1. The van der Waals surface area contributed by atoms with E-state index in [0.29, 0.717) is 11.4 Å². The Hall–Kier alpha value is -0.910. The summed E-state index contributed by atoms with van der Waals surface area (Å²) >= 11 is 0. The van der Waals surface area contributed by atoms with Crippen molar-refractivity contribution in [3.63, 3.8) is 0 Å². The van der Waals surface area contributed by atoms with Gasteiger partial charge in [0.1, 0.15) is 0 Å². The summed E-state index contributed by atoms with van der Waals surface area (Å²) in [5.74, 6) is 0.221. The Morgan fingerprint density at radius 2 is 1.76 bits per heavy atom. The van der Waals surface area contributed by atoms with Gasteiger partial charge in [0.2, 0.25) is 0 Å². The Balaban J connectivity index is 2.95. The molecule has 4 nitrogen and oxygen atoms in total. The zero-order chi connectivity index (χ0) is 13.1. The molecule has 2 atom stereocenters. The zero-order valence-electron chi connectivity index (χ0n) is 10.3. The van der Waals surface area contributed by atoms with Gasteiger partial charge >= 0.3 is 0 Å². The van der Waals surface area contributed by atoms with Crippen LogP contribution in [-0.2, 0) is 9.84 Å². The van der Waals surface area contributed by atoms with Gasteiger partial charge in [-0.15, -0.1) is 0 Å². The van der Waals surface area contributed by atoms with Gasteiger partial charge in [-0.25, -0.2) is 8.42 Å². The molecule has 0 saturated heterocycles. The molecule has 17 heavy (non-hydrogen) atoms. The van der Waals surface area contributed by atoms with Crippen LogP contribution in [0.4, 0.5) is 0 Å². The smallest absolute Gasteiger partial charge is 0.175 e. The predicted octanol–water partition coefficient (Wildman–Crippen LogP) is 1.07. The Morgan fingerprint density at radius 3 is 2.12 bits per heavy atom. The molecule has 0 aliphatic carbocycles. The zero-order valence-corrected chi connectivity index (χ0v) is 11.1. The van der Waals surface area contributed by atoms with Crippen molar-refractivity contribution in [2.24, 2.45) is 17.4 Å². The number of nitrogens with two attached hydrogens (primary N) is 2. The summed E-state index contributed by atoms with van der Waals surface area (Å²) in [6.07, 6.45) is 2.10. The molecular weight excluding hydrogens is 236 g/mol. The molecule has 0 radical (unpaired) electrons. The number of sulfone groups is 1. The van der Waals surface area contributed by atoms with Gasteiger partial charge in [-0.3, -0.25) is 0 Å². The van der Waals surface area contributed by atoms with E-state index in [9.17, 15) is 8.42 Å². The van der Waals surface area contributed by atoms with E-state index in [0.717, 1.165) is 12.0 Å². The second-order valence-electron chi connectivity index (χ2n) is 4.27. The van der Waals surface area contributed by atoms with Gasteiger partial charge in [0, 0.05) is 12.3 Å². The summed E-state index contributed by atoms with van der Waals surface area (Å²) in [6, 6.07) is 6.57. The minimum absolute atomic E-state index is 0.140.